The largest absolute Gasteiger partial charge is 0.494 e. The van der Waals surface area contributed by atoms with Gasteiger partial charge >= 0.3 is 7.12 Å². The van der Waals surface area contributed by atoms with Gasteiger partial charge in [0.05, 0.1) is 17.8 Å². The Morgan fingerprint density at radius 2 is 1.57 bits per heavy atom. The van der Waals surface area contributed by atoms with Gasteiger partial charge in [-0.15, -0.1) is 0 Å². The average Bonchev–Trinajstić information content (AvgIpc) is 3.40. The number of aliphatic hydroxyl groups is 2. The van der Waals surface area contributed by atoms with Gasteiger partial charge in [0.25, 0.3) is 0 Å². The molecule has 4 aliphatic carbocycles. The van der Waals surface area contributed by atoms with E-state index in [1.807, 2.05) is 0 Å². The van der Waals surface area contributed by atoms with Crippen molar-refractivity contribution in [3.05, 3.63) is 60.2 Å². The van der Waals surface area contributed by atoms with Gasteiger partial charge in [-0.3, -0.25) is 0 Å². The summed E-state index contributed by atoms with van der Waals surface area (Å²) in [6, 6.07) is 19.9. The highest BCUT2D eigenvalue weighted by Gasteiger charge is 2.71. The number of hydrogen-bond acceptors (Lipinski definition) is 5. The zero-order valence-corrected chi connectivity index (χ0v) is 25.4. The predicted molar refractivity (Wildman–Crippen MR) is 166 cm³/mol. The summed E-state index contributed by atoms with van der Waals surface area (Å²) in [5, 5.41) is 21.8. The van der Waals surface area contributed by atoms with Crippen LogP contribution in [0.2, 0.25) is 0 Å². The molecule has 3 aromatic carbocycles. The van der Waals surface area contributed by atoms with E-state index in [1.54, 1.807) is 0 Å². The first-order valence-corrected chi connectivity index (χ1v) is 16.0. The van der Waals surface area contributed by atoms with Crippen molar-refractivity contribution in [2.24, 2.45) is 23.2 Å². The van der Waals surface area contributed by atoms with Crippen LogP contribution in [-0.2, 0) is 14.7 Å². The summed E-state index contributed by atoms with van der Waals surface area (Å²) in [6.45, 7) is 8.18. The van der Waals surface area contributed by atoms with Crippen molar-refractivity contribution in [1.29, 1.82) is 0 Å². The maximum atomic E-state index is 10.1. The van der Waals surface area contributed by atoms with E-state index < -0.39 is 6.10 Å². The quantitative estimate of drug-likeness (QED) is 0.343. The number of fused-ring (bicyclic) bond motifs is 3. The molecule has 0 aromatic heterocycles. The Morgan fingerprint density at radius 3 is 2.36 bits per heavy atom. The standard InChI is InChI=1S/C36H43BO5/c1-33(2)34(3,4)42-37(41-33)29-9-7-24-12-23(5-6-25(24)13-29)26-8-10-32(40-20-30(39)19-38)31(14-26)35-16-22-11-27-15-28(18-35)36(27,17-22)21-35/h5-10,12-14,22,27-28,30,38-39H,11,15-21H2,1-4H3. The van der Waals surface area contributed by atoms with Crippen molar-refractivity contribution in [3.8, 4) is 16.9 Å². The van der Waals surface area contributed by atoms with Crippen LogP contribution in [-0.4, -0.2) is 47.9 Å². The van der Waals surface area contributed by atoms with Gasteiger partial charge in [-0.05, 0) is 135 Å². The maximum Gasteiger partial charge on any atom is 0.494 e. The van der Waals surface area contributed by atoms with Gasteiger partial charge in [-0.1, -0.05) is 36.4 Å². The predicted octanol–water partition coefficient (Wildman–Crippen LogP) is 6.01. The summed E-state index contributed by atoms with van der Waals surface area (Å²) >= 11 is 0. The Balaban J connectivity index is 1.14. The SMILES string of the molecule is CC1(C)OB(c2ccc3cc(-c4ccc(OCC(O)CO)c(C56CC7CC8CC(C5)C8(C7)C6)c4)ccc3c2)OC1(C)C. The summed E-state index contributed by atoms with van der Waals surface area (Å²) in [5.74, 6) is 3.50. The minimum absolute atomic E-state index is 0.112. The van der Waals surface area contributed by atoms with Crippen molar-refractivity contribution in [1.82, 2.24) is 0 Å². The number of benzene rings is 3. The molecule has 5 nitrogen and oxygen atoms in total. The Kier molecular flexibility index (Phi) is 5.88. The summed E-state index contributed by atoms with van der Waals surface area (Å²) in [6.07, 6.45) is 7.19. The lowest BCUT2D eigenvalue weighted by molar-refractivity contribution is -0.000252. The summed E-state index contributed by atoms with van der Waals surface area (Å²) in [5.41, 5.74) is 4.76. The highest BCUT2D eigenvalue weighted by atomic mass is 16.7. The lowest BCUT2D eigenvalue weighted by atomic mass is 9.55. The van der Waals surface area contributed by atoms with E-state index in [1.165, 1.54) is 66.0 Å². The van der Waals surface area contributed by atoms with Crippen LogP contribution < -0.4 is 10.2 Å². The van der Waals surface area contributed by atoms with E-state index in [9.17, 15) is 10.2 Å². The molecule has 3 aromatic rings. The molecule has 6 atom stereocenters. The van der Waals surface area contributed by atoms with Crippen molar-refractivity contribution < 1.29 is 24.3 Å². The third-order valence-electron chi connectivity index (χ3n) is 12.4. The van der Waals surface area contributed by atoms with Crippen molar-refractivity contribution in [3.63, 3.8) is 0 Å². The molecule has 1 aliphatic heterocycles. The van der Waals surface area contributed by atoms with Crippen LogP contribution in [0.25, 0.3) is 21.9 Å². The van der Waals surface area contributed by atoms with E-state index in [0.29, 0.717) is 5.41 Å². The van der Waals surface area contributed by atoms with Gasteiger partial charge in [0.15, 0.2) is 0 Å². The molecule has 1 spiro atoms. The van der Waals surface area contributed by atoms with Gasteiger partial charge in [0, 0.05) is 11.0 Å². The fraction of sp³-hybridized carbons (Fsp3) is 0.556. The smallest absolute Gasteiger partial charge is 0.490 e. The van der Waals surface area contributed by atoms with E-state index in [2.05, 4.69) is 82.3 Å². The molecule has 1 heterocycles. The van der Waals surface area contributed by atoms with Crippen LogP contribution >= 0.6 is 0 Å². The van der Waals surface area contributed by atoms with Crippen LogP contribution in [0.5, 0.6) is 5.75 Å². The molecule has 0 radical (unpaired) electrons. The fourth-order valence-corrected chi connectivity index (χ4v) is 9.73. The Morgan fingerprint density at radius 1 is 0.857 bits per heavy atom. The monoisotopic (exact) mass is 566 g/mol. The topological polar surface area (TPSA) is 68.2 Å². The minimum atomic E-state index is -0.872. The summed E-state index contributed by atoms with van der Waals surface area (Å²) in [4.78, 5) is 0. The number of ether oxygens (including phenoxy) is 1. The van der Waals surface area contributed by atoms with Crippen LogP contribution in [0.3, 0.4) is 0 Å². The number of aliphatic hydroxyl groups excluding tert-OH is 2. The molecule has 2 N–H and O–H groups in total. The Labute approximate surface area is 249 Å². The fourth-order valence-electron chi connectivity index (χ4n) is 9.73. The van der Waals surface area contributed by atoms with Gasteiger partial charge < -0.3 is 24.3 Å². The zero-order valence-electron chi connectivity index (χ0n) is 25.4. The van der Waals surface area contributed by atoms with E-state index in [-0.39, 0.29) is 36.9 Å². The molecular formula is C36H43BO5. The van der Waals surface area contributed by atoms with Crippen molar-refractivity contribution in [2.75, 3.05) is 13.2 Å². The lowest BCUT2D eigenvalue weighted by Gasteiger charge is -2.49. The highest BCUT2D eigenvalue weighted by molar-refractivity contribution is 6.62. The molecule has 5 aliphatic rings. The van der Waals surface area contributed by atoms with Crippen molar-refractivity contribution in [2.45, 2.75) is 88.9 Å². The van der Waals surface area contributed by atoms with Gasteiger partial charge in [0.2, 0.25) is 0 Å². The molecule has 220 valence electrons. The summed E-state index contributed by atoms with van der Waals surface area (Å²) in [7, 11) is -0.371. The van der Waals surface area contributed by atoms with Crippen LogP contribution in [0, 0.1) is 23.2 Å². The second kappa shape index (κ2) is 9.07. The average molecular weight is 567 g/mol. The van der Waals surface area contributed by atoms with Crippen LogP contribution in [0.1, 0.15) is 71.8 Å². The second-order valence-electron chi connectivity index (χ2n) is 15.3. The molecule has 0 amide bonds. The molecule has 4 saturated carbocycles. The van der Waals surface area contributed by atoms with Gasteiger partial charge in [-0.2, -0.15) is 0 Å². The molecule has 1 saturated heterocycles. The normalized spacial score (nSPS) is 34.0. The van der Waals surface area contributed by atoms with Crippen LogP contribution in [0.4, 0.5) is 0 Å². The third-order valence-corrected chi connectivity index (χ3v) is 12.4. The highest BCUT2D eigenvalue weighted by Crippen LogP contribution is 2.79. The minimum Gasteiger partial charge on any atom is -0.490 e. The third kappa shape index (κ3) is 3.91. The van der Waals surface area contributed by atoms with E-state index >= 15 is 0 Å². The molecule has 3 bridgehead atoms. The van der Waals surface area contributed by atoms with Crippen LogP contribution in [0.15, 0.2) is 54.6 Å². The lowest BCUT2D eigenvalue weighted by Crippen LogP contribution is -2.42. The Hall–Kier alpha value is -2.38. The zero-order chi connectivity index (χ0) is 29.1. The molecule has 6 heteroatoms. The first-order chi connectivity index (χ1) is 20.0. The molecule has 6 unspecified atom stereocenters. The maximum absolute atomic E-state index is 10.1. The Bertz CT molecular complexity index is 1550. The first-order valence-electron chi connectivity index (χ1n) is 16.0. The molecule has 5 fully saturated rings. The van der Waals surface area contributed by atoms with Crippen molar-refractivity contribution >= 4 is 23.4 Å². The summed E-state index contributed by atoms with van der Waals surface area (Å²) < 4.78 is 18.9. The van der Waals surface area contributed by atoms with E-state index in [4.69, 9.17) is 14.0 Å². The second-order valence-corrected chi connectivity index (χ2v) is 15.3. The van der Waals surface area contributed by atoms with Gasteiger partial charge in [-0.25, -0.2) is 0 Å². The van der Waals surface area contributed by atoms with Gasteiger partial charge in [0.1, 0.15) is 18.5 Å². The molecule has 8 rings (SSSR count). The van der Waals surface area contributed by atoms with E-state index in [0.717, 1.165) is 29.0 Å². The number of rotatable bonds is 7. The molecular weight excluding hydrogens is 523 g/mol. The first kappa shape index (κ1) is 27.2. The number of hydrogen-bond donors (Lipinski definition) is 2. The molecule has 42 heavy (non-hydrogen) atoms.